The van der Waals surface area contributed by atoms with Crippen molar-refractivity contribution in [3.05, 3.63) is 51.7 Å². The van der Waals surface area contributed by atoms with Crippen LogP contribution in [0.5, 0.6) is 0 Å². The van der Waals surface area contributed by atoms with Crippen molar-refractivity contribution in [3.63, 3.8) is 0 Å². The number of rotatable bonds is 4. The van der Waals surface area contributed by atoms with Gasteiger partial charge in [0.1, 0.15) is 9.52 Å². The molecule has 1 aromatic carbocycles. The maximum atomic E-state index is 2.41. The molecule has 1 unspecified atom stereocenters. The maximum absolute atomic E-state index is 2.41. The maximum Gasteiger partial charge on any atom is 0.117 e. The molecule has 0 aliphatic heterocycles. The lowest BCUT2D eigenvalue weighted by molar-refractivity contribution is 0.928. The standard InChI is InChI=1S/C18H24Si/c1-6-15-9-8-10-17(16(15)7-2)19-18-13(4)11-12(3)14(18)5/h8-11,13H,6-7H2,1-5H3. The molecule has 0 amide bonds. The molecule has 0 spiro atoms. The molecule has 1 heteroatoms. The Balaban J connectivity index is 2.35. The van der Waals surface area contributed by atoms with E-state index >= 15 is 0 Å². The van der Waals surface area contributed by atoms with Gasteiger partial charge in [-0.1, -0.05) is 66.6 Å². The number of aryl methyl sites for hydroxylation is 1. The number of hydrogen-bond donors (Lipinski definition) is 0. The first-order chi connectivity index (χ1) is 9.08. The second kappa shape index (κ2) is 5.92. The van der Waals surface area contributed by atoms with Crippen LogP contribution in [-0.2, 0) is 12.8 Å². The van der Waals surface area contributed by atoms with Crippen LogP contribution in [-0.4, -0.2) is 9.52 Å². The van der Waals surface area contributed by atoms with Crippen molar-refractivity contribution in [1.82, 2.24) is 0 Å². The first-order valence-corrected chi connectivity index (χ1v) is 8.35. The second-order valence-corrected chi connectivity index (χ2v) is 6.78. The van der Waals surface area contributed by atoms with E-state index in [0.29, 0.717) is 5.92 Å². The molecule has 0 N–H and O–H groups in total. The molecule has 1 atom stereocenters. The number of allylic oxidation sites excluding steroid dienone is 4. The van der Waals surface area contributed by atoms with Crippen molar-refractivity contribution in [2.45, 2.75) is 47.5 Å². The Morgan fingerprint density at radius 3 is 2.37 bits per heavy atom. The smallest absolute Gasteiger partial charge is 0.0748 e. The van der Waals surface area contributed by atoms with Gasteiger partial charge in [-0.25, -0.2) is 0 Å². The van der Waals surface area contributed by atoms with Gasteiger partial charge in [-0.2, -0.15) is 0 Å². The Morgan fingerprint density at radius 1 is 1.11 bits per heavy atom. The molecule has 100 valence electrons. The minimum absolute atomic E-state index is 0.619. The van der Waals surface area contributed by atoms with Crippen molar-refractivity contribution in [2.24, 2.45) is 5.92 Å². The Hall–Kier alpha value is -1.08. The normalized spacial score (nSPS) is 19.0. The van der Waals surface area contributed by atoms with Crippen LogP contribution in [0, 0.1) is 5.92 Å². The van der Waals surface area contributed by atoms with Crippen LogP contribution in [0.3, 0.4) is 0 Å². The van der Waals surface area contributed by atoms with Crippen LogP contribution >= 0.6 is 0 Å². The summed E-state index contributed by atoms with van der Waals surface area (Å²) in [7, 11) is 0.837. The average Bonchev–Trinajstić information content (AvgIpc) is 2.65. The van der Waals surface area contributed by atoms with Crippen molar-refractivity contribution in [1.29, 1.82) is 0 Å². The van der Waals surface area contributed by atoms with Gasteiger partial charge in [-0.15, -0.1) is 0 Å². The predicted molar refractivity (Wildman–Crippen MR) is 86.2 cm³/mol. The molecule has 0 nitrogen and oxygen atoms in total. The van der Waals surface area contributed by atoms with Crippen molar-refractivity contribution in [3.8, 4) is 0 Å². The van der Waals surface area contributed by atoms with Crippen LogP contribution < -0.4 is 5.19 Å². The Morgan fingerprint density at radius 2 is 1.84 bits per heavy atom. The molecule has 0 aromatic heterocycles. The zero-order valence-electron chi connectivity index (χ0n) is 12.8. The SMILES string of the molecule is CCc1cccc([Si]C2=C(C)C(C)=CC2C)c1CC. The van der Waals surface area contributed by atoms with Gasteiger partial charge in [-0.05, 0) is 43.7 Å². The lowest BCUT2D eigenvalue weighted by Gasteiger charge is -2.15. The van der Waals surface area contributed by atoms with E-state index in [1.54, 1.807) is 15.9 Å². The molecule has 0 bridgehead atoms. The summed E-state index contributed by atoms with van der Waals surface area (Å²) >= 11 is 0. The van der Waals surface area contributed by atoms with Gasteiger partial charge in [0, 0.05) is 0 Å². The highest BCUT2D eigenvalue weighted by Crippen LogP contribution is 2.29. The molecular formula is C18H24Si. The molecule has 0 saturated carbocycles. The lowest BCUT2D eigenvalue weighted by atomic mass is 10.0. The number of hydrogen-bond acceptors (Lipinski definition) is 0. The van der Waals surface area contributed by atoms with Crippen molar-refractivity contribution < 1.29 is 0 Å². The van der Waals surface area contributed by atoms with Crippen LogP contribution in [0.2, 0.25) is 0 Å². The fourth-order valence-electron chi connectivity index (χ4n) is 2.99. The number of benzene rings is 1. The summed E-state index contributed by atoms with van der Waals surface area (Å²) in [5.41, 5.74) is 6.11. The van der Waals surface area contributed by atoms with E-state index in [2.05, 4.69) is 58.9 Å². The van der Waals surface area contributed by atoms with E-state index in [1.807, 2.05) is 0 Å². The van der Waals surface area contributed by atoms with Crippen molar-refractivity contribution >= 4 is 14.7 Å². The fraction of sp³-hybridized carbons (Fsp3) is 0.444. The van der Waals surface area contributed by atoms with Gasteiger partial charge >= 0.3 is 0 Å². The van der Waals surface area contributed by atoms with E-state index in [4.69, 9.17) is 0 Å². The van der Waals surface area contributed by atoms with Gasteiger partial charge in [0.15, 0.2) is 0 Å². The third-order valence-electron chi connectivity index (χ3n) is 4.23. The monoisotopic (exact) mass is 268 g/mol. The summed E-state index contributed by atoms with van der Waals surface area (Å²) in [5.74, 6) is 0.619. The average molecular weight is 268 g/mol. The quantitative estimate of drug-likeness (QED) is 0.724. The van der Waals surface area contributed by atoms with E-state index in [0.717, 1.165) is 22.4 Å². The summed E-state index contributed by atoms with van der Waals surface area (Å²) in [4.78, 5) is 0. The van der Waals surface area contributed by atoms with Crippen molar-refractivity contribution in [2.75, 3.05) is 0 Å². The highest BCUT2D eigenvalue weighted by Gasteiger charge is 2.20. The van der Waals surface area contributed by atoms with E-state index in [1.165, 1.54) is 16.7 Å². The molecule has 2 radical (unpaired) electrons. The second-order valence-electron chi connectivity index (χ2n) is 5.45. The van der Waals surface area contributed by atoms with Gasteiger partial charge in [0.2, 0.25) is 0 Å². The lowest BCUT2D eigenvalue weighted by Crippen LogP contribution is -2.24. The summed E-state index contributed by atoms with van der Waals surface area (Å²) in [6, 6.07) is 6.85. The van der Waals surface area contributed by atoms with Gasteiger partial charge in [0.05, 0.1) is 0 Å². The topological polar surface area (TPSA) is 0 Å². The predicted octanol–water partition coefficient (Wildman–Crippen LogP) is 4.01. The molecule has 1 aliphatic rings. The molecule has 1 aromatic rings. The van der Waals surface area contributed by atoms with Gasteiger partial charge in [-0.3, -0.25) is 0 Å². The zero-order valence-corrected chi connectivity index (χ0v) is 13.8. The highest BCUT2D eigenvalue weighted by atomic mass is 28.2. The molecule has 0 fully saturated rings. The Bertz CT molecular complexity index is 535. The summed E-state index contributed by atoms with van der Waals surface area (Å²) in [6.45, 7) is 11.4. The molecule has 0 saturated heterocycles. The van der Waals surface area contributed by atoms with Crippen LogP contribution in [0.15, 0.2) is 40.6 Å². The molecule has 19 heavy (non-hydrogen) atoms. The van der Waals surface area contributed by atoms with Gasteiger partial charge in [0.25, 0.3) is 0 Å². The third-order valence-corrected chi connectivity index (χ3v) is 6.07. The van der Waals surface area contributed by atoms with E-state index in [-0.39, 0.29) is 0 Å². The van der Waals surface area contributed by atoms with Gasteiger partial charge < -0.3 is 0 Å². The van der Waals surface area contributed by atoms with E-state index < -0.39 is 0 Å². The minimum atomic E-state index is 0.619. The van der Waals surface area contributed by atoms with Crippen LogP contribution in [0.1, 0.15) is 45.7 Å². The zero-order chi connectivity index (χ0) is 14.0. The third kappa shape index (κ3) is 2.76. The summed E-state index contributed by atoms with van der Waals surface area (Å²) in [6.07, 6.45) is 4.71. The molecule has 2 rings (SSSR count). The molecule has 0 heterocycles. The van der Waals surface area contributed by atoms with E-state index in [9.17, 15) is 0 Å². The minimum Gasteiger partial charge on any atom is -0.0748 e. The first kappa shape index (κ1) is 14.3. The highest BCUT2D eigenvalue weighted by molar-refractivity contribution is 6.62. The first-order valence-electron chi connectivity index (χ1n) is 7.35. The molecule has 1 aliphatic carbocycles. The molecular weight excluding hydrogens is 244 g/mol. The van der Waals surface area contributed by atoms with Crippen LogP contribution in [0.4, 0.5) is 0 Å². The van der Waals surface area contributed by atoms with Crippen LogP contribution in [0.25, 0.3) is 0 Å². The Labute approximate surface area is 120 Å². The largest absolute Gasteiger partial charge is 0.117 e. The fourth-order valence-corrected chi connectivity index (χ4v) is 4.64. The Kier molecular flexibility index (Phi) is 4.46. The summed E-state index contributed by atoms with van der Waals surface area (Å²) in [5, 5.41) is 3.20. The summed E-state index contributed by atoms with van der Waals surface area (Å²) < 4.78 is 0.